The van der Waals surface area contributed by atoms with E-state index in [2.05, 4.69) is 65.7 Å². The number of aromatic nitrogens is 2. The average Bonchev–Trinajstić information content (AvgIpc) is 3.25. The molecule has 0 radical (unpaired) electrons. The zero-order valence-corrected chi connectivity index (χ0v) is 20.0. The Hall–Kier alpha value is -2.71. The Balaban J connectivity index is 1.55. The lowest BCUT2D eigenvalue weighted by molar-refractivity contribution is 0.305. The molecule has 0 saturated heterocycles. The number of fused-ring (bicyclic) bond motifs is 3. The van der Waals surface area contributed by atoms with Gasteiger partial charge in [0.2, 0.25) is 0 Å². The summed E-state index contributed by atoms with van der Waals surface area (Å²) in [6, 6.07) is 20.1. The van der Waals surface area contributed by atoms with E-state index in [0.717, 1.165) is 33.5 Å². The first-order valence-electron chi connectivity index (χ1n) is 9.90. The number of hydrogen-bond donors (Lipinski definition) is 0. The lowest BCUT2D eigenvalue weighted by Gasteiger charge is -2.09. The Kier molecular flexibility index (Phi) is 5.27. The summed E-state index contributed by atoms with van der Waals surface area (Å²) in [6.07, 6.45) is 1.90. The van der Waals surface area contributed by atoms with Crippen molar-refractivity contribution >= 4 is 56.0 Å². The second kappa shape index (κ2) is 8.09. The molecule has 5 aromatic rings. The molecule has 5 rings (SSSR count). The van der Waals surface area contributed by atoms with Crippen molar-refractivity contribution in [1.29, 1.82) is 0 Å². The molecule has 154 valence electrons. The lowest BCUT2D eigenvalue weighted by atomic mass is 10.1. The molecule has 6 heteroatoms. The first-order valence-corrected chi connectivity index (χ1v) is 11.8. The van der Waals surface area contributed by atoms with Gasteiger partial charge in [-0.15, -0.1) is 0 Å². The van der Waals surface area contributed by atoms with Gasteiger partial charge in [0.15, 0.2) is 4.96 Å². The number of ether oxygens (including phenoxy) is 1. The number of halogens is 1. The van der Waals surface area contributed by atoms with Gasteiger partial charge < -0.3 is 4.74 Å². The number of nitrogens with zero attached hydrogens (tertiary/aromatic N) is 2. The van der Waals surface area contributed by atoms with Crippen molar-refractivity contribution in [3.05, 3.63) is 101 Å². The van der Waals surface area contributed by atoms with Crippen LogP contribution in [-0.2, 0) is 6.61 Å². The molecule has 0 aliphatic rings. The molecule has 0 fully saturated rings. The second-order valence-corrected chi connectivity index (χ2v) is 9.78. The topological polar surface area (TPSA) is 43.6 Å². The van der Waals surface area contributed by atoms with E-state index in [9.17, 15) is 4.79 Å². The summed E-state index contributed by atoms with van der Waals surface area (Å²) in [7, 11) is 0. The monoisotopic (exact) mass is 538 g/mol. The van der Waals surface area contributed by atoms with E-state index in [1.54, 1.807) is 4.40 Å². The fourth-order valence-electron chi connectivity index (χ4n) is 3.53. The third-order valence-electron chi connectivity index (χ3n) is 5.37. The van der Waals surface area contributed by atoms with Crippen molar-refractivity contribution in [2.75, 3.05) is 0 Å². The molecule has 0 aliphatic heterocycles. The summed E-state index contributed by atoms with van der Waals surface area (Å²) in [4.78, 5) is 18.6. The van der Waals surface area contributed by atoms with Crippen molar-refractivity contribution in [1.82, 2.24) is 9.38 Å². The summed E-state index contributed by atoms with van der Waals surface area (Å²) in [6.45, 7) is 4.59. The number of imidazole rings is 1. The fourth-order valence-corrected chi connectivity index (χ4v) is 4.87. The van der Waals surface area contributed by atoms with Crippen LogP contribution < -0.4 is 14.8 Å². The molecule has 0 aliphatic carbocycles. The molecular weight excluding hydrogens is 519 g/mol. The lowest BCUT2D eigenvalue weighted by Crippen LogP contribution is -2.22. The van der Waals surface area contributed by atoms with Gasteiger partial charge in [0.1, 0.15) is 12.4 Å². The highest BCUT2D eigenvalue weighted by molar-refractivity contribution is 14.1. The Morgan fingerprint density at radius 2 is 1.81 bits per heavy atom. The molecule has 0 saturated carbocycles. The summed E-state index contributed by atoms with van der Waals surface area (Å²) in [5.74, 6) is 0.753. The fraction of sp³-hybridized carbons (Fsp3) is 0.120. The van der Waals surface area contributed by atoms with Gasteiger partial charge >= 0.3 is 0 Å². The third kappa shape index (κ3) is 3.85. The molecule has 0 unspecified atom stereocenters. The number of thiazole rings is 1. The number of benzene rings is 3. The summed E-state index contributed by atoms with van der Waals surface area (Å²) < 4.78 is 9.63. The first-order chi connectivity index (χ1) is 15.0. The summed E-state index contributed by atoms with van der Waals surface area (Å²) in [5, 5.41) is 0. The largest absolute Gasteiger partial charge is 0.488 e. The van der Waals surface area contributed by atoms with E-state index in [1.165, 1.54) is 20.5 Å². The number of para-hydroxylation sites is 1. The van der Waals surface area contributed by atoms with Gasteiger partial charge in [-0.05, 0) is 89.5 Å². The molecule has 0 bridgehead atoms. The Bertz CT molecular complexity index is 1530. The SMILES string of the molecule is Cc1cc2nc3s/c(=C\c4ccccc4OCc4ccc(I)cc4)c(=O)n3c2cc1C. The van der Waals surface area contributed by atoms with Crippen molar-refractivity contribution in [2.24, 2.45) is 0 Å². The minimum Gasteiger partial charge on any atom is -0.488 e. The maximum absolute atomic E-state index is 13.2. The molecule has 2 heterocycles. The normalized spacial score (nSPS) is 12.2. The molecule has 0 N–H and O–H groups in total. The Labute approximate surface area is 197 Å². The Morgan fingerprint density at radius 3 is 2.61 bits per heavy atom. The van der Waals surface area contributed by atoms with E-state index in [4.69, 9.17) is 4.74 Å². The van der Waals surface area contributed by atoms with Crippen LogP contribution in [0.2, 0.25) is 0 Å². The standard InChI is InChI=1S/C25H19IN2O2S/c1-15-11-20-21(12-16(15)2)28-24(29)23(31-25(28)27-20)13-18-5-3-4-6-22(18)30-14-17-7-9-19(26)10-8-17/h3-13H,14H2,1-2H3/b23-13-. The molecule has 4 nitrogen and oxygen atoms in total. The molecule has 2 aromatic heterocycles. The second-order valence-electron chi connectivity index (χ2n) is 7.52. The Morgan fingerprint density at radius 1 is 1.06 bits per heavy atom. The van der Waals surface area contributed by atoms with E-state index in [-0.39, 0.29) is 5.56 Å². The van der Waals surface area contributed by atoms with Gasteiger partial charge in [0.25, 0.3) is 5.56 Å². The van der Waals surface area contributed by atoms with Crippen molar-refractivity contribution < 1.29 is 4.74 Å². The maximum atomic E-state index is 13.2. The zero-order valence-electron chi connectivity index (χ0n) is 17.1. The minimum atomic E-state index is -0.0433. The van der Waals surface area contributed by atoms with Crippen LogP contribution in [0.15, 0.2) is 65.5 Å². The minimum absolute atomic E-state index is 0.0433. The van der Waals surface area contributed by atoms with E-state index >= 15 is 0 Å². The summed E-state index contributed by atoms with van der Waals surface area (Å²) in [5.41, 5.74) is 5.99. The third-order valence-corrected chi connectivity index (χ3v) is 7.06. The molecule has 0 amide bonds. The van der Waals surface area contributed by atoms with Crippen LogP contribution in [0.1, 0.15) is 22.3 Å². The predicted molar refractivity (Wildman–Crippen MR) is 135 cm³/mol. The molecule has 31 heavy (non-hydrogen) atoms. The van der Waals surface area contributed by atoms with Crippen LogP contribution in [0.4, 0.5) is 0 Å². The molecule has 3 aromatic carbocycles. The van der Waals surface area contributed by atoms with Crippen LogP contribution in [-0.4, -0.2) is 9.38 Å². The van der Waals surface area contributed by atoms with Gasteiger partial charge in [0.05, 0.1) is 15.6 Å². The van der Waals surface area contributed by atoms with Gasteiger partial charge in [-0.3, -0.25) is 4.79 Å². The van der Waals surface area contributed by atoms with Crippen molar-refractivity contribution in [3.63, 3.8) is 0 Å². The van der Waals surface area contributed by atoms with Crippen LogP contribution in [0.25, 0.3) is 22.1 Å². The first kappa shape index (κ1) is 20.2. The molecule has 0 atom stereocenters. The van der Waals surface area contributed by atoms with Gasteiger partial charge in [-0.25, -0.2) is 9.38 Å². The van der Waals surface area contributed by atoms with Crippen molar-refractivity contribution in [3.8, 4) is 5.75 Å². The van der Waals surface area contributed by atoms with Crippen LogP contribution in [0.3, 0.4) is 0 Å². The quantitative estimate of drug-likeness (QED) is 0.294. The van der Waals surface area contributed by atoms with Crippen LogP contribution in [0, 0.1) is 17.4 Å². The number of rotatable bonds is 4. The molecule has 0 spiro atoms. The van der Waals surface area contributed by atoms with E-state index in [0.29, 0.717) is 16.1 Å². The number of aryl methyl sites for hydroxylation is 2. The van der Waals surface area contributed by atoms with Crippen molar-refractivity contribution in [2.45, 2.75) is 20.5 Å². The van der Waals surface area contributed by atoms with Gasteiger partial charge in [0, 0.05) is 9.13 Å². The molecular formula is C25H19IN2O2S. The van der Waals surface area contributed by atoms with Gasteiger partial charge in [-0.1, -0.05) is 41.7 Å². The number of hydrogen-bond acceptors (Lipinski definition) is 4. The maximum Gasteiger partial charge on any atom is 0.274 e. The van der Waals surface area contributed by atoms with E-state index in [1.807, 2.05) is 42.5 Å². The summed E-state index contributed by atoms with van der Waals surface area (Å²) >= 11 is 3.70. The van der Waals surface area contributed by atoms with E-state index < -0.39 is 0 Å². The highest BCUT2D eigenvalue weighted by atomic mass is 127. The van der Waals surface area contributed by atoms with Gasteiger partial charge in [-0.2, -0.15) is 0 Å². The highest BCUT2D eigenvalue weighted by Crippen LogP contribution is 2.22. The average molecular weight is 538 g/mol. The predicted octanol–water partition coefficient (Wildman–Crippen LogP) is 5.26. The van der Waals surface area contributed by atoms with Crippen LogP contribution >= 0.6 is 33.9 Å². The van der Waals surface area contributed by atoms with Crippen LogP contribution in [0.5, 0.6) is 5.75 Å². The zero-order chi connectivity index (χ0) is 21.5. The smallest absolute Gasteiger partial charge is 0.274 e. The highest BCUT2D eigenvalue weighted by Gasteiger charge is 2.13.